The van der Waals surface area contributed by atoms with Crippen LogP contribution in [-0.2, 0) is 10.0 Å². The van der Waals surface area contributed by atoms with Gasteiger partial charge >= 0.3 is 6.01 Å². The fourth-order valence-electron chi connectivity index (χ4n) is 2.68. The van der Waals surface area contributed by atoms with Gasteiger partial charge in [0.05, 0.1) is 17.0 Å². The van der Waals surface area contributed by atoms with Crippen LogP contribution in [0.15, 0.2) is 58.1 Å². The minimum atomic E-state index is -3.92. The number of nitrogens with one attached hydrogen (secondary N) is 1. The molecule has 0 atom stereocenters. The third-order valence-corrected chi connectivity index (χ3v) is 6.19. The van der Waals surface area contributed by atoms with E-state index in [1.807, 2.05) is 12.1 Å². The molecule has 0 bridgehead atoms. The molecule has 0 aliphatic rings. The van der Waals surface area contributed by atoms with E-state index in [0.29, 0.717) is 5.56 Å². The van der Waals surface area contributed by atoms with Crippen LogP contribution in [0.25, 0.3) is 11.5 Å². The van der Waals surface area contributed by atoms with Gasteiger partial charge in [-0.2, -0.15) is 14.8 Å². The van der Waals surface area contributed by atoms with Crippen molar-refractivity contribution in [1.29, 1.82) is 10.5 Å². The molecule has 2 aromatic heterocycles. The summed E-state index contributed by atoms with van der Waals surface area (Å²) >= 11 is 0. The highest BCUT2D eigenvalue weighted by Crippen LogP contribution is 2.20. The lowest BCUT2D eigenvalue weighted by Gasteiger charge is -2.20. The number of hydrogen-bond donors (Lipinski definition) is 1. The van der Waals surface area contributed by atoms with E-state index in [-0.39, 0.29) is 48.3 Å². The second kappa shape index (κ2) is 10.3. The van der Waals surface area contributed by atoms with Gasteiger partial charge in [-0.25, -0.2) is 8.42 Å². The van der Waals surface area contributed by atoms with Crippen LogP contribution in [0.3, 0.4) is 0 Å². The zero-order chi connectivity index (χ0) is 23.0. The van der Waals surface area contributed by atoms with Crippen LogP contribution in [-0.4, -0.2) is 46.9 Å². The average Bonchev–Trinajstić information content (AvgIpc) is 3.28. The van der Waals surface area contributed by atoms with Crippen molar-refractivity contribution in [1.82, 2.24) is 19.5 Å². The van der Waals surface area contributed by atoms with Gasteiger partial charge in [0.25, 0.3) is 5.91 Å². The molecule has 162 valence electrons. The number of carbonyl (C=O) groups is 1. The highest BCUT2D eigenvalue weighted by Gasteiger charge is 2.24. The van der Waals surface area contributed by atoms with Crippen molar-refractivity contribution in [3.8, 4) is 23.6 Å². The van der Waals surface area contributed by atoms with Gasteiger partial charge in [-0.3, -0.25) is 15.1 Å². The third kappa shape index (κ3) is 5.31. The molecule has 2 heterocycles. The topological polar surface area (TPSA) is 166 Å². The quantitative estimate of drug-likeness (QED) is 0.513. The normalized spacial score (nSPS) is 11.0. The monoisotopic (exact) mass is 451 g/mol. The summed E-state index contributed by atoms with van der Waals surface area (Å²) in [6.45, 7) is -0.0561. The Morgan fingerprint density at radius 2 is 1.62 bits per heavy atom. The van der Waals surface area contributed by atoms with Crippen LogP contribution in [0.1, 0.15) is 23.2 Å². The second-order valence-electron chi connectivity index (χ2n) is 6.35. The van der Waals surface area contributed by atoms with E-state index in [1.54, 1.807) is 24.5 Å². The van der Waals surface area contributed by atoms with E-state index in [4.69, 9.17) is 14.9 Å². The Hall–Kier alpha value is -4.13. The van der Waals surface area contributed by atoms with Crippen molar-refractivity contribution < 1.29 is 17.6 Å². The van der Waals surface area contributed by atoms with E-state index in [2.05, 4.69) is 20.5 Å². The zero-order valence-electron chi connectivity index (χ0n) is 16.7. The molecule has 0 aliphatic heterocycles. The van der Waals surface area contributed by atoms with Gasteiger partial charge in [0.2, 0.25) is 15.9 Å². The number of benzene rings is 1. The fourth-order valence-corrected chi connectivity index (χ4v) is 4.12. The first-order chi connectivity index (χ1) is 15.5. The van der Waals surface area contributed by atoms with E-state index in [0.717, 1.165) is 4.31 Å². The molecule has 11 nitrogen and oxygen atoms in total. The van der Waals surface area contributed by atoms with Crippen molar-refractivity contribution >= 4 is 21.9 Å². The molecule has 3 aromatic rings. The molecule has 0 fully saturated rings. The molecule has 0 saturated heterocycles. The van der Waals surface area contributed by atoms with Gasteiger partial charge in [0.1, 0.15) is 0 Å². The summed E-state index contributed by atoms with van der Waals surface area (Å²) in [5, 5.41) is 27.6. The lowest BCUT2D eigenvalue weighted by molar-refractivity contribution is 0.102. The molecule has 12 heteroatoms. The number of nitriles is 2. The van der Waals surface area contributed by atoms with E-state index < -0.39 is 15.9 Å². The van der Waals surface area contributed by atoms with Crippen LogP contribution in [0.2, 0.25) is 0 Å². The fraction of sp³-hybridized carbons (Fsp3) is 0.200. The number of amides is 1. The van der Waals surface area contributed by atoms with Gasteiger partial charge in [0, 0.05) is 49.5 Å². The Morgan fingerprint density at radius 3 is 2.22 bits per heavy atom. The number of pyridine rings is 1. The Kier molecular flexibility index (Phi) is 7.23. The Labute approximate surface area is 184 Å². The van der Waals surface area contributed by atoms with Crippen LogP contribution in [0.4, 0.5) is 6.01 Å². The van der Waals surface area contributed by atoms with Crippen LogP contribution in [0.5, 0.6) is 0 Å². The number of anilines is 1. The number of hydrogen-bond acceptors (Lipinski definition) is 9. The maximum absolute atomic E-state index is 12.8. The third-order valence-electron chi connectivity index (χ3n) is 4.27. The highest BCUT2D eigenvalue weighted by atomic mass is 32.2. The van der Waals surface area contributed by atoms with Gasteiger partial charge in [-0.15, -0.1) is 5.10 Å². The molecule has 1 N–H and O–H groups in total. The molecule has 0 spiro atoms. The first-order valence-electron chi connectivity index (χ1n) is 9.35. The van der Waals surface area contributed by atoms with E-state index in [9.17, 15) is 13.2 Å². The van der Waals surface area contributed by atoms with Crippen LogP contribution >= 0.6 is 0 Å². The number of aromatic nitrogens is 3. The summed E-state index contributed by atoms with van der Waals surface area (Å²) in [6.07, 6.45) is 3.12. The highest BCUT2D eigenvalue weighted by molar-refractivity contribution is 7.89. The van der Waals surface area contributed by atoms with Crippen molar-refractivity contribution in [2.75, 3.05) is 18.4 Å². The lowest BCUT2D eigenvalue weighted by atomic mass is 10.2. The lowest BCUT2D eigenvalue weighted by Crippen LogP contribution is -2.32. The molecule has 0 aliphatic carbocycles. The van der Waals surface area contributed by atoms with Crippen molar-refractivity contribution in [2.45, 2.75) is 17.7 Å². The van der Waals surface area contributed by atoms with Crippen LogP contribution < -0.4 is 5.32 Å². The van der Waals surface area contributed by atoms with Gasteiger partial charge in [-0.05, 0) is 36.4 Å². The van der Waals surface area contributed by atoms with Gasteiger partial charge < -0.3 is 4.42 Å². The summed E-state index contributed by atoms with van der Waals surface area (Å²) in [6, 6.07) is 12.3. The Bertz CT molecular complexity index is 1240. The van der Waals surface area contributed by atoms with Crippen molar-refractivity contribution in [2.24, 2.45) is 0 Å². The van der Waals surface area contributed by atoms with E-state index >= 15 is 0 Å². The molecule has 0 unspecified atom stereocenters. The summed E-state index contributed by atoms with van der Waals surface area (Å²) in [7, 11) is -3.92. The molecular formula is C20H17N7O4S. The molecule has 0 radical (unpaired) electrons. The predicted molar refractivity (Wildman–Crippen MR) is 111 cm³/mol. The minimum Gasteiger partial charge on any atom is -0.403 e. The largest absolute Gasteiger partial charge is 0.403 e. The van der Waals surface area contributed by atoms with Gasteiger partial charge in [-0.1, -0.05) is 5.10 Å². The zero-order valence-corrected chi connectivity index (χ0v) is 17.5. The molecule has 3 rings (SSSR count). The molecule has 1 aromatic carbocycles. The minimum absolute atomic E-state index is 0.00316. The van der Waals surface area contributed by atoms with E-state index in [1.165, 1.54) is 24.3 Å². The Morgan fingerprint density at radius 1 is 1.00 bits per heavy atom. The number of carbonyl (C=O) groups excluding carboxylic acids is 1. The van der Waals surface area contributed by atoms with Crippen LogP contribution in [0, 0.1) is 22.7 Å². The predicted octanol–water partition coefficient (Wildman–Crippen LogP) is 2.20. The maximum Gasteiger partial charge on any atom is 0.322 e. The standard InChI is InChI=1S/C20H17N7O4S/c21-9-1-13-27(14-2-10-22)32(29,30)17-5-3-15(4-6-17)18(28)24-20-26-25-19(31-20)16-7-11-23-12-8-16/h3-8,11-12H,1-2,13-14H2,(H,24,26,28). The first kappa shape index (κ1) is 22.6. The number of nitrogens with zero attached hydrogens (tertiary/aromatic N) is 6. The Balaban J connectivity index is 1.72. The summed E-state index contributed by atoms with van der Waals surface area (Å²) in [5.41, 5.74) is 0.813. The number of sulfonamides is 1. The summed E-state index contributed by atoms with van der Waals surface area (Å²) < 4.78 is 32.1. The van der Waals surface area contributed by atoms with Crippen molar-refractivity contribution in [3.05, 3.63) is 54.4 Å². The van der Waals surface area contributed by atoms with Gasteiger partial charge in [0.15, 0.2) is 0 Å². The summed E-state index contributed by atoms with van der Waals surface area (Å²) in [5.74, 6) is -0.358. The first-order valence-corrected chi connectivity index (χ1v) is 10.8. The second-order valence-corrected chi connectivity index (χ2v) is 8.29. The molecule has 32 heavy (non-hydrogen) atoms. The maximum atomic E-state index is 12.8. The molecule has 0 saturated carbocycles. The summed E-state index contributed by atoms with van der Waals surface area (Å²) in [4.78, 5) is 16.3. The SMILES string of the molecule is N#CCCN(CCC#N)S(=O)(=O)c1ccc(C(=O)Nc2nnc(-c3ccncc3)o2)cc1. The molecular weight excluding hydrogens is 434 g/mol. The van der Waals surface area contributed by atoms with Crippen molar-refractivity contribution in [3.63, 3.8) is 0 Å². The number of rotatable bonds is 9. The smallest absolute Gasteiger partial charge is 0.322 e. The molecule has 1 amide bonds. The average molecular weight is 451 g/mol.